The Balaban J connectivity index is 0.000000410. The summed E-state index contributed by atoms with van der Waals surface area (Å²) >= 11 is 3.36. The molecule has 0 nitrogen and oxygen atoms in total. The van der Waals surface area contributed by atoms with Crippen LogP contribution in [0.15, 0.2) is 72.8 Å². The van der Waals surface area contributed by atoms with Crippen molar-refractivity contribution < 1.29 is 0 Å². The lowest BCUT2D eigenvalue weighted by Gasteiger charge is -2.14. The first-order chi connectivity index (χ1) is 21.8. The van der Waals surface area contributed by atoms with Crippen LogP contribution in [-0.4, -0.2) is 10.5 Å². The van der Waals surface area contributed by atoms with Gasteiger partial charge in [0.05, 0.1) is 0 Å². The van der Waals surface area contributed by atoms with Crippen molar-refractivity contribution in [1.29, 1.82) is 0 Å². The summed E-state index contributed by atoms with van der Waals surface area (Å²) in [5, 5.41) is 17.3. The van der Waals surface area contributed by atoms with Gasteiger partial charge in [-0.2, -0.15) is 0 Å². The molecule has 0 heterocycles. The van der Waals surface area contributed by atoms with E-state index in [0.29, 0.717) is 10.5 Å². The molecule has 0 radical (unpaired) electrons. The Labute approximate surface area is 288 Å². The molecule has 0 aliphatic carbocycles. The molecule has 0 unspecified atom stereocenters. The van der Waals surface area contributed by atoms with Gasteiger partial charge in [-0.15, -0.1) is 0 Å². The fourth-order valence-corrected chi connectivity index (χ4v) is 5.06. The highest BCUT2D eigenvalue weighted by molar-refractivity contribution is 8.04. The summed E-state index contributed by atoms with van der Waals surface area (Å²) < 4.78 is 0. The van der Waals surface area contributed by atoms with Gasteiger partial charge in [0.2, 0.25) is 0 Å². The quantitative estimate of drug-likeness (QED) is 0.141. The van der Waals surface area contributed by atoms with E-state index in [2.05, 4.69) is 178 Å². The smallest absolute Gasteiger partial charge is 0.0412 e. The number of fused-ring (bicyclic) bond motifs is 4. The molecular weight excluding hydrogens is 593 g/mol. The van der Waals surface area contributed by atoms with E-state index in [1.54, 1.807) is 23.5 Å². The summed E-state index contributed by atoms with van der Waals surface area (Å²) in [5.74, 6) is 10.5. The normalized spacial score (nSPS) is 11.2. The Kier molecular flexibility index (Phi) is 14.4. The van der Waals surface area contributed by atoms with Crippen LogP contribution < -0.4 is 0 Å². The minimum atomic E-state index is 0.463. The highest BCUT2D eigenvalue weighted by Gasteiger charge is 2.14. The van der Waals surface area contributed by atoms with Crippen molar-refractivity contribution in [2.45, 2.75) is 93.6 Å². The molecule has 0 saturated carbocycles. The molecule has 5 aromatic carbocycles. The van der Waals surface area contributed by atoms with Gasteiger partial charge in [0.15, 0.2) is 0 Å². The first-order valence-electron chi connectivity index (χ1n) is 16.9. The summed E-state index contributed by atoms with van der Waals surface area (Å²) in [5.41, 5.74) is 2.19. The van der Waals surface area contributed by atoms with Gasteiger partial charge in [-0.05, 0) is 102 Å². The van der Waals surface area contributed by atoms with Crippen LogP contribution in [0.25, 0.3) is 43.1 Å². The van der Waals surface area contributed by atoms with Crippen LogP contribution in [0.2, 0.25) is 0 Å². The van der Waals surface area contributed by atoms with Gasteiger partial charge >= 0.3 is 0 Å². The van der Waals surface area contributed by atoms with E-state index in [9.17, 15) is 0 Å². The minimum Gasteiger partial charge on any atom is -0.0719 e. The Morgan fingerprint density at radius 3 is 0.826 bits per heavy atom. The van der Waals surface area contributed by atoms with Crippen molar-refractivity contribution in [3.8, 4) is 22.3 Å². The number of hydrogen-bond acceptors (Lipinski definition) is 2. The number of rotatable bonds is 4. The van der Waals surface area contributed by atoms with Gasteiger partial charge in [0, 0.05) is 21.6 Å². The van der Waals surface area contributed by atoms with E-state index in [-0.39, 0.29) is 0 Å². The predicted molar refractivity (Wildman–Crippen MR) is 215 cm³/mol. The van der Waals surface area contributed by atoms with Crippen LogP contribution in [0, 0.1) is 46.0 Å². The van der Waals surface area contributed by atoms with Gasteiger partial charge in [0.1, 0.15) is 0 Å². The number of hydrogen-bond donors (Lipinski definition) is 0. The van der Waals surface area contributed by atoms with Crippen molar-refractivity contribution in [3.05, 3.63) is 83.9 Å². The van der Waals surface area contributed by atoms with Gasteiger partial charge in [0.25, 0.3) is 0 Å². The monoisotopic (exact) mass is 646 g/mol. The first kappa shape index (κ1) is 37.4. The standard InChI is InChI=1S/C32H26S2.2C6H14/c1-21(2)33-15-13-27-29-17-23-9-5-7-11-25(23)19-31(29)28(14-16-34-22(3)4)32-20-26-12-8-6-10-24(26)18-30(27)32;2*1-5(2)6(3)4/h5-12,17-22H,1-4H3;2*5-6H,1-4H3. The lowest BCUT2D eigenvalue weighted by molar-refractivity contribution is 0.457. The second kappa shape index (κ2) is 17.8. The summed E-state index contributed by atoms with van der Waals surface area (Å²) in [6.07, 6.45) is 0. The number of thioether (sulfide) groups is 2. The maximum absolute atomic E-state index is 3.55. The molecule has 0 amide bonds. The minimum absolute atomic E-state index is 0.463. The van der Waals surface area contributed by atoms with Crippen LogP contribution in [0.5, 0.6) is 0 Å². The maximum atomic E-state index is 3.55. The van der Waals surface area contributed by atoms with Gasteiger partial charge < -0.3 is 0 Å². The average molecular weight is 647 g/mol. The van der Waals surface area contributed by atoms with Crippen LogP contribution >= 0.6 is 23.5 Å². The second-order valence-electron chi connectivity index (χ2n) is 14.0. The molecule has 2 heteroatoms. The molecule has 0 fully saturated rings. The van der Waals surface area contributed by atoms with Crippen molar-refractivity contribution in [2.24, 2.45) is 23.7 Å². The zero-order chi connectivity index (χ0) is 34.0. The van der Waals surface area contributed by atoms with Gasteiger partial charge in [-0.25, -0.2) is 0 Å². The van der Waals surface area contributed by atoms with E-state index < -0.39 is 0 Å². The van der Waals surface area contributed by atoms with Gasteiger partial charge in [-0.3, -0.25) is 0 Å². The third-order valence-electron chi connectivity index (χ3n) is 8.46. The van der Waals surface area contributed by atoms with Crippen molar-refractivity contribution >= 4 is 66.6 Å². The summed E-state index contributed by atoms with van der Waals surface area (Å²) in [6, 6.07) is 26.3. The molecular formula is C44H54S2. The third kappa shape index (κ3) is 10.5. The lowest BCUT2D eigenvalue weighted by Crippen LogP contribution is -1.95. The Morgan fingerprint density at radius 2 is 0.630 bits per heavy atom. The summed E-state index contributed by atoms with van der Waals surface area (Å²) in [6.45, 7) is 26.7. The fourth-order valence-electron chi connectivity index (χ4n) is 4.26. The Bertz CT molecular complexity index is 1620. The molecule has 0 bridgehead atoms. The first-order valence-corrected chi connectivity index (χ1v) is 18.7. The van der Waals surface area contributed by atoms with Gasteiger partial charge in [-0.1, -0.05) is 167 Å². The lowest BCUT2D eigenvalue weighted by atomic mass is 9.89. The van der Waals surface area contributed by atoms with Crippen molar-refractivity contribution in [1.82, 2.24) is 0 Å². The molecule has 0 aliphatic heterocycles. The zero-order valence-electron chi connectivity index (χ0n) is 30.2. The molecule has 242 valence electrons. The highest BCUT2D eigenvalue weighted by atomic mass is 32.2. The van der Waals surface area contributed by atoms with E-state index in [1.165, 1.54) is 43.1 Å². The van der Waals surface area contributed by atoms with Crippen LogP contribution in [0.4, 0.5) is 0 Å². The Hall–Kier alpha value is -3.04. The molecule has 5 rings (SSSR count). The van der Waals surface area contributed by atoms with Crippen molar-refractivity contribution in [3.63, 3.8) is 0 Å². The Morgan fingerprint density at radius 1 is 0.391 bits per heavy atom. The van der Waals surface area contributed by atoms with Crippen LogP contribution in [0.1, 0.15) is 94.2 Å². The SMILES string of the molecule is CC(C)C(C)C.CC(C)C(C)C.CC(C)SC#Cc1c2cc3ccccc3cc2c(C#CSC(C)C)c2cc3ccccc3cc12. The largest absolute Gasteiger partial charge is 0.0719 e. The zero-order valence-corrected chi connectivity index (χ0v) is 31.8. The molecule has 0 aliphatic rings. The molecule has 5 aromatic rings. The predicted octanol–water partition coefficient (Wildman–Crippen LogP) is 13.8. The van der Waals surface area contributed by atoms with E-state index in [0.717, 1.165) is 34.8 Å². The molecule has 0 N–H and O–H groups in total. The second-order valence-corrected chi connectivity index (χ2v) is 16.8. The molecule has 0 aromatic heterocycles. The average Bonchev–Trinajstić information content (AvgIpc) is 3.00. The van der Waals surface area contributed by atoms with E-state index in [1.807, 2.05) is 0 Å². The molecule has 0 spiro atoms. The number of benzene rings is 5. The fraction of sp³-hybridized carbons (Fsp3) is 0.409. The van der Waals surface area contributed by atoms with E-state index in [4.69, 9.17) is 0 Å². The van der Waals surface area contributed by atoms with Crippen LogP contribution in [-0.2, 0) is 0 Å². The third-order valence-corrected chi connectivity index (χ3v) is 9.84. The maximum Gasteiger partial charge on any atom is 0.0412 e. The highest BCUT2D eigenvalue weighted by Crippen LogP contribution is 2.37. The summed E-state index contributed by atoms with van der Waals surface area (Å²) in [7, 11) is 0. The topological polar surface area (TPSA) is 0 Å². The summed E-state index contributed by atoms with van der Waals surface area (Å²) in [4.78, 5) is 0. The molecule has 0 saturated heterocycles. The van der Waals surface area contributed by atoms with Crippen molar-refractivity contribution in [2.75, 3.05) is 0 Å². The van der Waals surface area contributed by atoms with E-state index >= 15 is 0 Å². The molecule has 46 heavy (non-hydrogen) atoms. The molecule has 0 atom stereocenters. The van der Waals surface area contributed by atoms with Crippen LogP contribution in [0.3, 0.4) is 0 Å².